The SMILES string of the molecule is Cc1cccc(CCNS(=O)(=O)Cc2ccccc2N)c1. The van der Waals surface area contributed by atoms with E-state index >= 15 is 0 Å². The van der Waals surface area contributed by atoms with Crippen LogP contribution in [0.4, 0.5) is 5.69 Å². The summed E-state index contributed by atoms with van der Waals surface area (Å²) in [6, 6.07) is 15.1. The second-order valence-corrected chi connectivity index (χ2v) is 6.90. The molecule has 3 N–H and O–H groups in total. The van der Waals surface area contributed by atoms with Crippen molar-refractivity contribution in [3.63, 3.8) is 0 Å². The molecule has 0 fully saturated rings. The molecule has 2 aromatic rings. The fourth-order valence-electron chi connectivity index (χ4n) is 2.14. The summed E-state index contributed by atoms with van der Waals surface area (Å²) in [6.45, 7) is 2.41. The van der Waals surface area contributed by atoms with Crippen molar-refractivity contribution < 1.29 is 8.42 Å². The van der Waals surface area contributed by atoms with Crippen molar-refractivity contribution in [2.75, 3.05) is 12.3 Å². The lowest BCUT2D eigenvalue weighted by Gasteiger charge is -2.09. The van der Waals surface area contributed by atoms with Crippen molar-refractivity contribution in [1.29, 1.82) is 0 Å². The van der Waals surface area contributed by atoms with Crippen LogP contribution in [-0.4, -0.2) is 15.0 Å². The van der Waals surface area contributed by atoms with E-state index in [0.29, 0.717) is 24.2 Å². The van der Waals surface area contributed by atoms with E-state index in [4.69, 9.17) is 5.73 Å². The highest BCUT2D eigenvalue weighted by Crippen LogP contribution is 2.13. The normalized spacial score (nSPS) is 11.5. The van der Waals surface area contributed by atoms with Crippen LogP contribution in [0, 0.1) is 6.92 Å². The smallest absolute Gasteiger partial charge is 0.215 e. The van der Waals surface area contributed by atoms with E-state index in [1.807, 2.05) is 25.1 Å². The van der Waals surface area contributed by atoms with Crippen molar-refractivity contribution in [2.45, 2.75) is 19.1 Å². The molecule has 0 aliphatic carbocycles. The predicted molar refractivity (Wildman–Crippen MR) is 86.4 cm³/mol. The van der Waals surface area contributed by atoms with Gasteiger partial charge in [-0.1, -0.05) is 48.0 Å². The van der Waals surface area contributed by atoms with Crippen LogP contribution in [0.3, 0.4) is 0 Å². The summed E-state index contributed by atoms with van der Waals surface area (Å²) < 4.78 is 26.7. The molecule has 0 spiro atoms. The maximum atomic E-state index is 12.0. The van der Waals surface area contributed by atoms with E-state index in [0.717, 1.165) is 5.56 Å². The van der Waals surface area contributed by atoms with Crippen LogP contribution in [0.5, 0.6) is 0 Å². The van der Waals surface area contributed by atoms with Crippen LogP contribution in [0.15, 0.2) is 48.5 Å². The first kappa shape index (κ1) is 15.5. The van der Waals surface area contributed by atoms with E-state index in [2.05, 4.69) is 10.8 Å². The Labute approximate surface area is 126 Å². The van der Waals surface area contributed by atoms with Gasteiger partial charge in [0.1, 0.15) is 0 Å². The zero-order valence-electron chi connectivity index (χ0n) is 12.0. The Morgan fingerprint density at radius 1 is 1.10 bits per heavy atom. The number of nitrogen functional groups attached to an aromatic ring is 1. The van der Waals surface area contributed by atoms with Gasteiger partial charge in [-0.15, -0.1) is 0 Å². The number of benzene rings is 2. The van der Waals surface area contributed by atoms with Gasteiger partial charge < -0.3 is 5.73 Å². The third-order valence-electron chi connectivity index (χ3n) is 3.22. The summed E-state index contributed by atoms with van der Waals surface area (Å²) >= 11 is 0. The number of rotatable bonds is 6. The van der Waals surface area contributed by atoms with Crippen LogP contribution in [0.25, 0.3) is 0 Å². The molecule has 0 aliphatic rings. The minimum atomic E-state index is -3.37. The number of sulfonamides is 1. The predicted octanol–water partition coefficient (Wildman–Crippen LogP) is 2.24. The molecule has 0 aliphatic heterocycles. The molecule has 0 saturated heterocycles. The maximum absolute atomic E-state index is 12.0. The van der Waals surface area contributed by atoms with Crippen molar-refractivity contribution >= 4 is 15.7 Å². The number of hydrogen-bond acceptors (Lipinski definition) is 3. The Hall–Kier alpha value is -1.85. The molecule has 0 saturated carbocycles. The fourth-order valence-corrected chi connectivity index (χ4v) is 3.33. The molecule has 0 heterocycles. The van der Waals surface area contributed by atoms with Crippen LogP contribution in [-0.2, 0) is 22.2 Å². The maximum Gasteiger partial charge on any atom is 0.215 e. The lowest BCUT2D eigenvalue weighted by Crippen LogP contribution is -2.27. The highest BCUT2D eigenvalue weighted by atomic mass is 32.2. The number of aryl methyl sites for hydroxylation is 1. The fraction of sp³-hybridized carbons (Fsp3) is 0.250. The first-order valence-electron chi connectivity index (χ1n) is 6.82. The number of nitrogens with two attached hydrogens (primary N) is 1. The largest absolute Gasteiger partial charge is 0.398 e. The number of nitrogens with one attached hydrogen (secondary N) is 1. The molecule has 0 bridgehead atoms. The first-order chi connectivity index (χ1) is 9.96. The Kier molecular flexibility index (Phi) is 4.98. The standard InChI is InChI=1S/C16H20N2O2S/c1-13-5-4-6-14(11-13)9-10-18-21(19,20)12-15-7-2-3-8-16(15)17/h2-8,11,18H,9-10,12,17H2,1H3. The molecule has 4 nitrogen and oxygen atoms in total. The summed E-state index contributed by atoms with van der Waals surface area (Å²) in [6.07, 6.45) is 0.672. The van der Waals surface area contributed by atoms with E-state index in [1.54, 1.807) is 24.3 Å². The van der Waals surface area contributed by atoms with Crippen LogP contribution < -0.4 is 10.5 Å². The third kappa shape index (κ3) is 4.88. The number of hydrogen-bond donors (Lipinski definition) is 2. The van der Waals surface area contributed by atoms with Gasteiger partial charge in [-0.25, -0.2) is 13.1 Å². The van der Waals surface area contributed by atoms with Crippen LogP contribution in [0.2, 0.25) is 0 Å². The Balaban J connectivity index is 1.91. The summed E-state index contributed by atoms with van der Waals surface area (Å²) in [5.41, 5.74) is 9.19. The molecule has 5 heteroatoms. The van der Waals surface area contributed by atoms with Gasteiger partial charge in [-0.2, -0.15) is 0 Å². The average molecular weight is 304 g/mol. The molecule has 0 amide bonds. The monoisotopic (exact) mass is 304 g/mol. The van der Waals surface area contributed by atoms with Crippen molar-refractivity contribution in [1.82, 2.24) is 4.72 Å². The second-order valence-electron chi connectivity index (χ2n) is 5.09. The highest BCUT2D eigenvalue weighted by Gasteiger charge is 2.12. The molecule has 0 atom stereocenters. The summed E-state index contributed by atoms with van der Waals surface area (Å²) in [4.78, 5) is 0. The van der Waals surface area contributed by atoms with Crippen LogP contribution >= 0.6 is 0 Å². The van der Waals surface area contributed by atoms with E-state index < -0.39 is 10.0 Å². The zero-order valence-corrected chi connectivity index (χ0v) is 12.9. The topological polar surface area (TPSA) is 72.2 Å². The van der Waals surface area contributed by atoms with Gasteiger partial charge in [0.15, 0.2) is 0 Å². The van der Waals surface area contributed by atoms with E-state index in [-0.39, 0.29) is 5.75 Å². The van der Waals surface area contributed by atoms with Crippen molar-refractivity contribution in [3.8, 4) is 0 Å². The highest BCUT2D eigenvalue weighted by molar-refractivity contribution is 7.88. The Morgan fingerprint density at radius 2 is 1.86 bits per heavy atom. The van der Waals surface area contributed by atoms with E-state index in [9.17, 15) is 8.42 Å². The Morgan fingerprint density at radius 3 is 2.57 bits per heavy atom. The minimum absolute atomic E-state index is 0.0898. The van der Waals surface area contributed by atoms with Crippen LogP contribution in [0.1, 0.15) is 16.7 Å². The summed E-state index contributed by atoms with van der Waals surface area (Å²) in [5, 5.41) is 0. The molecule has 2 aromatic carbocycles. The Bertz CT molecular complexity index is 712. The van der Waals surface area contributed by atoms with Crippen molar-refractivity contribution in [3.05, 3.63) is 65.2 Å². The van der Waals surface area contributed by atoms with Gasteiger partial charge in [-0.05, 0) is 30.5 Å². The van der Waals surface area contributed by atoms with Gasteiger partial charge in [0, 0.05) is 12.2 Å². The molecule has 2 rings (SSSR count). The lowest BCUT2D eigenvalue weighted by atomic mass is 10.1. The average Bonchev–Trinajstić information content (AvgIpc) is 2.41. The van der Waals surface area contributed by atoms with Gasteiger partial charge in [-0.3, -0.25) is 0 Å². The zero-order chi connectivity index (χ0) is 15.3. The summed E-state index contributed by atoms with van der Waals surface area (Å²) in [5.74, 6) is -0.0898. The number of anilines is 1. The molecule has 0 unspecified atom stereocenters. The van der Waals surface area contributed by atoms with Crippen molar-refractivity contribution in [2.24, 2.45) is 0 Å². The number of para-hydroxylation sites is 1. The van der Waals surface area contributed by atoms with E-state index in [1.165, 1.54) is 5.56 Å². The molecular formula is C16H20N2O2S. The molecule has 112 valence electrons. The lowest BCUT2D eigenvalue weighted by molar-refractivity contribution is 0.581. The van der Waals surface area contributed by atoms with Gasteiger partial charge >= 0.3 is 0 Å². The molecule has 21 heavy (non-hydrogen) atoms. The first-order valence-corrected chi connectivity index (χ1v) is 8.48. The second kappa shape index (κ2) is 6.74. The summed E-state index contributed by atoms with van der Waals surface area (Å²) in [7, 11) is -3.37. The third-order valence-corrected chi connectivity index (χ3v) is 4.55. The molecule has 0 radical (unpaired) electrons. The quantitative estimate of drug-likeness (QED) is 0.804. The molecular weight excluding hydrogens is 284 g/mol. The van der Waals surface area contributed by atoms with Gasteiger partial charge in [0.25, 0.3) is 0 Å². The van der Waals surface area contributed by atoms with Gasteiger partial charge in [0.2, 0.25) is 10.0 Å². The minimum Gasteiger partial charge on any atom is -0.398 e. The molecule has 0 aromatic heterocycles. The van der Waals surface area contributed by atoms with Gasteiger partial charge in [0.05, 0.1) is 5.75 Å².